The van der Waals surface area contributed by atoms with Crippen molar-refractivity contribution in [1.29, 1.82) is 0 Å². The number of sulfonamides is 1. The van der Waals surface area contributed by atoms with Crippen LogP contribution in [0.2, 0.25) is 0 Å². The monoisotopic (exact) mass is 282 g/mol. The molecule has 0 spiro atoms. The molecule has 0 fully saturated rings. The second-order valence-electron chi connectivity index (χ2n) is 4.89. The Labute approximate surface area is 110 Å². The van der Waals surface area contributed by atoms with Gasteiger partial charge in [-0.25, -0.2) is 13.1 Å². The van der Waals surface area contributed by atoms with Crippen LogP contribution in [-0.4, -0.2) is 60.2 Å². The van der Waals surface area contributed by atoms with Gasteiger partial charge in [0.15, 0.2) is 0 Å². The van der Waals surface area contributed by atoms with Crippen LogP contribution >= 0.6 is 0 Å². The van der Waals surface area contributed by atoms with Crippen molar-refractivity contribution in [2.24, 2.45) is 0 Å². The predicted octanol–water partition coefficient (Wildman–Crippen LogP) is -0.0431. The van der Waals surface area contributed by atoms with Crippen LogP contribution in [0.5, 0.6) is 0 Å². The van der Waals surface area contributed by atoms with Gasteiger partial charge in [-0.15, -0.1) is 0 Å². The highest BCUT2D eigenvalue weighted by Gasteiger charge is 2.21. The first-order chi connectivity index (χ1) is 8.27. The van der Waals surface area contributed by atoms with Gasteiger partial charge in [-0.2, -0.15) is 0 Å². The number of hydrogen-bond donors (Lipinski definition) is 2. The van der Waals surface area contributed by atoms with E-state index in [1.807, 2.05) is 13.8 Å². The summed E-state index contributed by atoms with van der Waals surface area (Å²) in [7, 11) is -1.51. The average molecular weight is 282 g/mol. The zero-order valence-corrected chi connectivity index (χ0v) is 12.6. The standard InChI is InChI=1S/C11H26N2O4S/c1-11(2,13-18(4,14)15)10-12-6-9-17-8-5-7-16-3/h12-13H,5-10H2,1-4H3. The lowest BCUT2D eigenvalue weighted by Gasteiger charge is -2.25. The molecule has 7 heteroatoms. The zero-order valence-electron chi connectivity index (χ0n) is 11.8. The van der Waals surface area contributed by atoms with Crippen LogP contribution in [0.1, 0.15) is 20.3 Å². The predicted molar refractivity (Wildman–Crippen MR) is 72.2 cm³/mol. The topological polar surface area (TPSA) is 76.7 Å². The van der Waals surface area contributed by atoms with Crippen molar-refractivity contribution in [2.75, 3.05) is 46.3 Å². The van der Waals surface area contributed by atoms with E-state index in [-0.39, 0.29) is 0 Å². The van der Waals surface area contributed by atoms with E-state index in [4.69, 9.17) is 9.47 Å². The van der Waals surface area contributed by atoms with Crippen LogP contribution < -0.4 is 10.0 Å². The van der Waals surface area contributed by atoms with Crippen LogP contribution in [-0.2, 0) is 19.5 Å². The quantitative estimate of drug-likeness (QED) is 0.520. The SMILES string of the molecule is COCCCOCCNCC(C)(C)NS(C)(=O)=O. The van der Waals surface area contributed by atoms with Crippen molar-refractivity contribution < 1.29 is 17.9 Å². The molecule has 0 aliphatic rings. The Morgan fingerprint density at radius 2 is 1.83 bits per heavy atom. The van der Waals surface area contributed by atoms with E-state index >= 15 is 0 Å². The second kappa shape index (κ2) is 8.82. The Balaban J connectivity index is 3.53. The molecular weight excluding hydrogens is 256 g/mol. The first kappa shape index (κ1) is 17.8. The molecule has 0 radical (unpaired) electrons. The molecule has 0 aromatic rings. The summed E-state index contributed by atoms with van der Waals surface area (Å²) in [6.07, 6.45) is 2.05. The second-order valence-corrected chi connectivity index (χ2v) is 6.64. The first-order valence-electron chi connectivity index (χ1n) is 6.03. The van der Waals surface area contributed by atoms with Gasteiger partial charge in [0.2, 0.25) is 10.0 Å². The normalized spacial score (nSPS) is 12.9. The Kier molecular flexibility index (Phi) is 8.71. The first-order valence-corrected chi connectivity index (χ1v) is 7.92. The summed E-state index contributed by atoms with van der Waals surface area (Å²) in [5.74, 6) is 0. The third-order valence-electron chi connectivity index (χ3n) is 2.09. The summed E-state index contributed by atoms with van der Waals surface area (Å²) in [4.78, 5) is 0. The van der Waals surface area contributed by atoms with E-state index in [0.29, 0.717) is 32.9 Å². The lowest BCUT2D eigenvalue weighted by Crippen LogP contribution is -2.50. The van der Waals surface area contributed by atoms with Crippen LogP contribution in [0.4, 0.5) is 0 Å². The molecule has 0 amide bonds. The van der Waals surface area contributed by atoms with Crippen LogP contribution in [0, 0.1) is 0 Å². The fourth-order valence-electron chi connectivity index (χ4n) is 1.49. The maximum atomic E-state index is 11.1. The fourth-order valence-corrected chi connectivity index (χ4v) is 2.57. The van der Waals surface area contributed by atoms with Gasteiger partial charge in [0.05, 0.1) is 12.9 Å². The number of hydrogen-bond acceptors (Lipinski definition) is 5. The molecule has 6 nitrogen and oxygen atoms in total. The number of rotatable bonds is 11. The smallest absolute Gasteiger partial charge is 0.209 e. The van der Waals surface area contributed by atoms with Crippen molar-refractivity contribution >= 4 is 10.0 Å². The molecule has 0 bridgehead atoms. The highest BCUT2D eigenvalue weighted by molar-refractivity contribution is 7.88. The molecule has 0 atom stereocenters. The Morgan fingerprint density at radius 1 is 1.17 bits per heavy atom. The summed E-state index contributed by atoms with van der Waals surface area (Å²) in [5, 5.41) is 3.16. The van der Waals surface area contributed by atoms with E-state index in [1.54, 1.807) is 7.11 Å². The largest absolute Gasteiger partial charge is 0.385 e. The summed E-state index contributed by atoms with van der Waals surface area (Å²) in [6, 6.07) is 0. The van der Waals surface area contributed by atoms with Crippen molar-refractivity contribution in [1.82, 2.24) is 10.0 Å². The molecule has 0 aromatic heterocycles. The highest BCUT2D eigenvalue weighted by atomic mass is 32.2. The minimum absolute atomic E-state index is 0.496. The van der Waals surface area contributed by atoms with Gasteiger partial charge in [0.1, 0.15) is 0 Å². The third kappa shape index (κ3) is 12.3. The van der Waals surface area contributed by atoms with Gasteiger partial charge in [0, 0.05) is 39.0 Å². The van der Waals surface area contributed by atoms with Gasteiger partial charge in [-0.3, -0.25) is 0 Å². The minimum atomic E-state index is -3.17. The Hall–Kier alpha value is -0.210. The lowest BCUT2D eigenvalue weighted by atomic mass is 10.1. The Morgan fingerprint density at radius 3 is 2.39 bits per heavy atom. The van der Waals surface area contributed by atoms with E-state index < -0.39 is 15.6 Å². The van der Waals surface area contributed by atoms with Gasteiger partial charge < -0.3 is 14.8 Å². The van der Waals surface area contributed by atoms with Gasteiger partial charge in [-0.05, 0) is 20.3 Å². The highest BCUT2D eigenvalue weighted by Crippen LogP contribution is 2.01. The third-order valence-corrected chi connectivity index (χ3v) is 3.01. The van der Waals surface area contributed by atoms with Gasteiger partial charge >= 0.3 is 0 Å². The number of ether oxygens (including phenoxy) is 2. The summed E-state index contributed by atoms with van der Waals surface area (Å²) >= 11 is 0. The molecule has 0 unspecified atom stereocenters. The van der Waals surface area contributed by atoms with Crippen LogP contribution in [0.15, 0.2) is 0 Å². The molecule has 0 aromatic carbocycles. The molecule has 0 heterocycles. The van der Waals surface area contributed by atoms with Crippen LogP contribution in [0.3, 0.4) is 0 Å². The van der Waals surface area contributed by atoms with Crippen molar-refractivity contribution in [3.63, 3.8) is 0 Å². The lowest BCUT2D eigenvalue weighted by molar-refractivity contribution is 0.104. The van der Waals surface area contributed by atoms with E-state index in [9.17, 15) is 8.42 Å². The molecule has 2 N–H and O–H groups in total. The summed E-state index contributed by atoms with van der Waals surface area (Å²) in [5.41, 5.74) is -0.496. The average Bonchev–Trinajstić information content (AvgIpc) is 2.18. The van der Waals surface area contributed by atoms with Crippen molar-refractivity contribution in [3.05, 3.63) is 0 Å². The summed E-state index contributed by atoms with van der Waals surface area (Å²) < 4.78 is 35.1. The molecule has 0 saturated carbocycles. The van der Waals surface area contributed by atoms with Gasteiger partial charge in [0.25, 0.3) is 0 Å². The van der Waals surface area contributed by atoms with Crippen molar-refractivity contribution in [2.45, 2.75) is 25.8 Å². The van der Waals surface area contributed by atoms with Crippen molar-refractivity contribution in [3.8, 4) is 0 Å². The van der Waals surface area contributed by atoms with E-state index in [1.165, 1.54) is 0 Å². The zero-order chi connectivity index (χ0) is 14.1. The van der Waals surface area contributed by atoms with Gasteiger partial charge in [-0.1, -0.05) is 0 Å². The number of methoxy groups -OCH3 is 1. The molecule has 0 aliphatic carbocycles. The molecule has 0 aliphatic heterocycles. The molecule has 0 rings (SSSR count). The molecule has 110 valence electrons. The number of nitrogens with one attached hydrogen (secondary N) is 2. The fraction of sp³-hybridized carbons (Fsp3) is 1.00. The summed E-state index contributed by atoms with van der Waals surface area (Å²) in [6.45, 7) is 6.92. The Bertz CT molecular complexity index is 304. The van der Waals surface area contributed by atoms with Crippen LogP contribution in [0.25, 0.3) is 0 Å². The maximum absolute atomic E-state index is 11.1. The minimum Gasteiger partial charge on any atom is -0.385 e. The maximum Gasteiger partial charge on any atom is 0.209 e. The molecular formula is C11H26N2O4S. The van der Waals surface area contributed by atoms with E-state index in [2.05, 4.69) is 10.0 Å². The van der Waals surface area contributed by atoms with E-state index in [0.717, 1.165) is 12.7 Å². The molecule has 0 saturated heterocycles. The molecule has 18 heavy (non-hydrogen) atoms.